The SMILES string of the molecule is CN(C)c1ccc2c(S(=O)(=O)NCCCNCCCCCCCCN)cccc2c1. The van der Waals surface area contributed by atoms with E-state index in [1.807, 2.05) is 43.3 Å². The zero-order chi connectivity index (χ0) is 21.8. The first-order chi connectivity index (χ1) is 14.5. The Bertz CT molecular complexity index is 869. The van der Waals surface area contributed by atoms with Crippen LogP contribution < -0.4 is 20.7 Å². The molecule has 0 saturated carbocycles. The molecule has 0 aliphatic heterocycles. The van der Waals surface area contributed by atoms with Crippen LogP contribution in [0.4, 0.5) is 5.69 Å². The van der Waals surface area contributed by atoms with Gasteiger partial charge in [0.25, 0.3) is 0 Å². The fourth-order valence-electron chi connectivity index (χ4n) is 3.48. The minimum absolute atomic E-state index is 0.341. The van der Waals surface area contributed by atoms with Crippen LogP contribution in [0.15, 0.2) is 41.3 Å². The summed E-state index contributed by atoms with van der Waals surface area (Å²) in [6, 6.07) is 11.3. The van der Waals surface area contributed by atoms with Gasteiger partial charge in [-0.1, -0.05) is 43.9 Å². The minimum Gasteiger partial charge on any atom is -0.378 e. The number of nitrogens with zero attached hydrogens (tertiary/aromatic N) is 1. The van der Waals surface area contributed by atoms with Gasteiger partial charge in [-0.15, -0.1) is 0 Å². The number of rotatable bonds is 15. The molecule has 168 valence electrons. The molecule has 2 rings (SSSR count). The van der Waals surface area contributed by atoms with Crippen LogP contribution in [-0.2, 0) is 10.0 Å². The van der Waals surface area contributed by atoms with Gasteiger partial charge in [-0.3, -0.25) is 0 Å². The average molecular weight is 435 g/mol. The van der Waals surface area contributed by atoms with E-state index in [4.69, 9.17) is 5.73 Å². The van der Waals surface area contributed by atoms with Crippen LogP contribution in [0, 0.1) is 0 Å². The summed E-state index contributed by atoms with van der Waals surface area (Å²) in [7, 11) is 0.413. The molecule has 0 aliphatic carbocycles. The Kier molecular flexibility index (Phi) is 10.6. The van der Waals surface area contributed by atoms with Gasteiger partial charge in [-0.05, 0) is 62.5 Å². The Labute approximate surface area is 182 Å². The molecule has 0 fully saturated rings. The molecule has 0 saturated heterocycles. The number of hydrogen-bond acceptors (Lipinski definition) is 5. The Hall–Kier alpha value is -1.67. The van der Waals surface area contributed by atoms with Crippen molar-refractivity contribution in [1.29, 1.82) is 0 Å². The summed E-state index contributed by atoms with van der Waals surface area (Å²) in [5.41, 5.74) is 6.54. The number of unbranched alkanes of at least 4 members (excludes halogenated alkanes) is 5. The predicted molar refractivity (Wildman–Crippen MR) is 128 cm³/mol. The van der Waals surface area contributed by atoms with Crippen molar-refractivity contribution in [3.63, 3.8) is 0 Å². The summed E-state index contributed by atoms with van der Waals surface area (Å²) < 4.78 is 28.3. The molecule has 0 heterocycles. The van der Waals surface area contributed by atoms with E-state index >= 15 is 0 Å². The van der Waals surface area contributed by atoms with E-state index < -0.39 is 10.0 Å². The highest BCUT2D eigenvalue weighted by atomic mass is 32.2. The Morgan fingerprint density at radius 3 is 2.30 bits per heavy atom. The molecule has 0 unspecified atom stereocenters. The summed E-state index contributed by atoms with van der Waals surface area (Å²) in [5, 5.41) is 5.08. The van der Waals surface area contributed by atoms with Crippen molar-refractivity contribution in [3.8, 4) is 0 Å². The average Bonchev–Trinajstić information content (AvgIpc) is 2.73. The third-order valence-corrected chi connectivity index (χ3v) is 6.78. The Morgan fingerprint density at radius 2 is 1.57 bits per heavy atom. The Balaban J connectivity index is 1.73. The topological polar surface area (TPSA) is 87.5 Å². The highest BCUT2D eigenvalue weighted by molar-refractivity contribution is 7.89. The predicted octanol–water partition coefficient (Wildman–Crippen LogP) is 3.46. The molecule has 0 spiro atoms. The van der Waals surface area contributed by atoms with Gasteiger partial charge in [0.1, 0.15) is 0 Å². The van der Waals surface area contributed by atoms with Gasteiger partial charge in [0, 0.05) is 31.7 Å². The van der Waals surface area contributed by atoms with E-state index in [9.17, 15) is 8.42 Å². The van der Waals surface area contributed by atoms with Gasteiger partial charge in [-0.25, -0.2) is 13.1 Å². The number of hydrogen-bond donors (Lipinski definition) is 3. The van der Waals surface area contributed by atoms with Crippen LogP contribution in [0.2, 0.25) is 0 Å². The lowest BCUT2D eigenvalue weighted by atomic mass is 10.1. The van der Waals surface area contributed by atoms with Crippen molar-refractivity contribution in [2.24, 2.45) is 5.73 Å². The lowest BCUT2D eigenvalue weighted by Gasteiger charge is -2.15. The standard InChI is InChI=1S/C23H38N4O2S/c1-27(2)21-13-14-22-20(19-21)11-9-12-23(22)30(28,29)26-18-10-17-25-16-8-6-4-3-5-7-15-24/h9,11-14,19,25-26H,3-8,10,15-18,24H2,1-2H3. The van der Waals surface area contributed by atoms with Crippen molar-refractivity contribution in [3.05, 3.63) is 36.4 Å². The molecule has 30 heavy (non-hydrogen) atoms. The van der Waals surface area contributed by atoms with E-state index in [2.05, 4.69) is 10.0 Å². The maximum atomic E-state index is 12.8. The molecule has 0 aliphatic rings. The normalized spacial score (nSPS) is 11.8. The molecule has 2 aromatic carbocycles. The molecule has 0 aromatic heterocycles. The number of benzene rings is 2. The molecular weight excluding hydrogens is 396 g/mol. The van der Waals surface area contributed by atoms with Crippen molar-refractivity contribution < 1.29 is 8.42 Å². The van der Waals surface area contributed by atoms with Gasteiger partial charge in [0.05, 0.1) is 4.90 Å². The molecule has 0 radical (unpaired) electrons. The first-order valence-electron chi connectivity index (χ1n) is 11.1. The highest BCUT2D eigenvalue weighted by Gasteiger charge is 2.16. The van der Waals surface area contributed by atoms with Crippen molar-refractivity contribution in [2.75, 3.05) is 45.2 Å². The van der Waals surface area contributed by atoms with Crippen LogP contribution in [0.5, 0.6) is 0 Å². The molecule has 6 nitrogen and oxygen atoms in total. The van der Waals surface area contributed by atoms with Gasteiger partial charge < -0.3 is 16.0 Å². The largest absolute Gasteiger partial charge is 0.378 e. The third-order valence-electron chi connectivity index (χ3n) is 5.26. The second-order valence-electron chi connectivity index (χ2n) is 7.97. The van der Waals surface area contributed by atoms with Crippen molar-refractivity contribution >= 4 is 26.5 Å². The van der Waals surface area contributed by atoms with Gasteiger partial charge in [-0.2, -0.15) is 0 Å². The summed E-state index contributed by atoms with van der Waals surface area (Å²) in [6.45, 7) is 3.03. The number of sulfonamides is 1. The van der Waals surface area contributed by atoms with Crippen LogP contribution >= 0.6 is 0 Å². The van der Waals surface area contributed by atoms with E-state index in [1.54, 1.807) is 12.1 Å². The first kappa shape index (κ1) is 24.6. The van der Waals surface area contributed by atoms with E-state index in [0.29, 0.717) is 11.4 Å². The minimum atomic E-state index is -3.53. The number of anilines is 1. The van der Waals surface area contributed by atoms with Gasteiger partial charge >= 0.3 is 0 Å². The quantitative estimate of drug-likeness (QED) is 0.374. The second kappa shape index (κ2) is 12.9. The number of nitrogens with one attached hydrogen (secondary N) is 2. The zero-order valence-electron chi connectivity index (χ0n) is 18.5. The molecule has 0 amide bonds. The molecule has 2 aromatic rings. The lowest BCUT2D eigenvalue weighted by molar-refractivity contribution is 0.554. The van der Waals surface area contributed by atoms with E-state index in [0.717, 1.165) is 48.9 Å². The lowest BCUT2D eigenvalue weighted by Crippen LogP contribution is -2.28. The zero-order valence-corrected chi connectivity index (χ0v) is 19.3. The molecule has 0 atom stereocenters. The van der Waals surface area contributed by atoms with E-state index in [-0.39, 0.29) is 0 Å². The van der Waals surface area contributed by atoms with Crippen LogP contribution in [0.3, 0.4) is 0 Å². The van der Waals surface area contributed by atoms with Crippen molar-refractivity contribution in [1.82, 2.24) is 10.0 Å². The summed E-state index contributed by atoms with van der Waals surface area (Å²) in [4.78, 5) is 2.35. The van der Waals surface area contributed by atoms with Crippen LogP contribution in [0.25, 0.3) is 10.8 Å². The molecule has 4 N–H and O–H groups in total. The molecule has 7 heteroatoms. The van der Waals surface area contributed by atoms with Crippen LogP contribution in [-0.4, -0.2) is 48.7 Å². The summed E-state index contributed by atoms with van der Waals surface area (Å²) in [5.74, 6) is 0. The van der Waals surface area contributed by atoms with Crippen molar-refractivity contribution in [2.45, 2.75) is 49.8 Å². The third kappa shape index (κ3) is 7.87. The monoisotopic (exact) mass is 434 g/mol. The first-order valence-corrected chi connectivity index (χ1v) is 12.5. The maximum Gasteiger partial charge on any atom is 0.241 e. The van der Waals surface area contributed by atoms with Gasteiger partial charge in [0.2, 0.25) is 10.0 Å². The van der Waals surface area contributed by atoms with E-state index in [1.165, 1.54) is 32.1 Å². The van der Waals surface area contributed by atoms with Gasteiger partial charge in [0.15, 0.2) is 0 Å². The summed E-state index contributed by atoms with van der Waals surface area (Å²) in [6.07, 6.45) is 8.07. The number of nitrogens with two attached hydrogens (primary N) is 1. The maximum absolute atomic E-state index is 12.8. The summed E-state index contributed by atoms with van der Waals surface area (Å²) >= 11 is 0. The van der Waals surface area contributed by atoms with Crippen LogP contribution in [0.1, 0.15) is 44.9 Å². The molecule has 0 bridgehead atoms. The fraction of sp³-hybridized carbons (Fsp3) is 0.565. The smallest absolute Gasteiger partial charge is 0.241 e. The highest BCUT2D eigenvalue weighted by Crippen LogP contribution is 2.26. The fourth-order valence-corrected chi connectivity index (χ4v) is 4.78. The Morgan fingerprint density at radius 1 is 0.867 bits per heavy atom. The number of fused-ring (bicyclic) bond motifs is 1. The molecular formula is C23H38N4O2S. The second-order valence-corrected chi connectivity index (χ2v) is 9.70.